The molecule has 0 spiro atoms. The van der Waals surface area contributed by atoms with Crippen LogP contribution in [-0.2, 0) is 0 Å². The molecule has 6 nitrogen and oxygen atoms in total. The van der Waals surface area contributed by atoms with E-state index in [2.05, 4.69) is 68.3 Å². The number of carbonyl (C=O) groups is 1. The number of aliphatic imine (C=N–C) groups is 1. The fraction of sp³-hybridized carbons (Fsp3) is 0.118. The summed E-state index contributed by atoms with van der Waals surface area (Å²) in [6.07, 6.45) is 0. The van der Waals surface area contributed by atoms with Crippen LogP contribution in [0.15, 0.2) is 102 Å². The maximum Gasteiger partial charge on any atom is 0.280 e. The van der Waals surface area contributed by atoms with Crippen LogP contribution in [0.5, 0.6) is 5.88 Å². The molecule has 0 atom stereocenters. The number of aromatic hydroxyl groups is 1. The van der Waals surface area contributed by atoms with Crippen LogP contribution in [0.4, 0.5) is 11.4 Å². The third-order valence-electron chi connectivity index (χ3n) is 7.41. The number of carbonyl (C=O) groups excluding carboxylic acids is 1. The molecule has 4 aromatic carbocycles. The van der Waals surface area contributed by atoms with Crippen molar-refractivity contribution in [2.45, 2.75) is 0 Å². The largest absolute Gasteiger partial charge is 0.494 e. The molecule has 1 aromatic heterocycles. The number of rotatable bonds is 6. The molecule has 2 heterocycles. The minimum Gasteiger partial charge on any atom is -0.494 e. The second kappa shape index (κ2) is 9.89. The Kier molecular flexibility index (Phi) is 6.23. The SMILES string of the molecule is CN(C)c1ccc(-c2ccc(C3=NC(=O)c4c(-c5ccc(-c6ccc(N(C)C)cc6)cc5)[nH]c(O)c43)cc2)cc1. The molecule has 6 heteroatoms. The van der Waals surface area contributed by atoms with E-state index in [9.17, 15) is 9.90 Å². The normalized spacial score (nSPS) is 12.3. The maximum atomic E-state index is 13.1. The van der Waals surface area contributed by atoms with Gasteiger partial charge in [0.1, 0.15) is 0 Å². The molecule has 1 amide bonds. The van der Waals surface area contributed by atoms with Crippen LogP contribution < -0.4 is 9.80 Å². The quantitative estimate of drug-likeness (QED) is 0.254. The van der Waals surface area contributed by atoms with Crippen LogP contribution in [-0.4, -0.2) is 49.9 Å². The second-order valence-electron chi connectivity index (χ2n) is 10.4. The van der Waals surface area contributed by atoms with E-state index in [-0.39, 0.29) is 11.8 Å². The molecule has 2 N–H and O–H groups in total. The third kappa shape index (κ3) is 4.43. The van der Waals surface area contributed by atoms with Gasteiger partial charge in [-0.05, 0) is 52.1 Å². The molecule has 0 fully saturated rings. The first-order valence-electron chi connectivity index (χ1n) is 13.1. The zero-order valence-corrected chi connectivity index (χ0v) is 22.9. The monoisotopic (exact) mass is 526 g/mol. The van der Waals surface area contributed by atoms with E-state index in [1.165, 1.54) is 0 Å². The van der Waals surface area contributed by atoms with Crippen LogP contribution in [0.3, 0.4) is 0 Å². The van der Waals surface area contributed by atoms with Gasteiger partial charge >= 0.3 is 0 Å². The first-order valence-corrected chi connectivity index (χ1v) is 13.1. The number of hydrogen-bond donors (Lipinski definition) is 2. The Morgan fingerprint density at radius 1 is 0.550 bits per heavy atom. The number of fused-ring (bicyclic) bond motifs is 1. The fourth-order valence-electron chi connectivity index (χ4n) is 5.12. The summed E-state index contributed by atoms with van der Waals surface area (Å²) in [6.45, 7) is 0. The van der Waals surface area contributed by atoms with Gasteiger partial charge in [0.15, 0.2) is 5.88 Å². The third-order valence-corrected chi connectivity index (χ3v) is 7.41. The van der Waals surface area contributed by atoms with Crippen molar-refractivity contribution in [3.63, 3.8) is 0 Å². The molecule has 1 aliphatic heterocycles. The van der Waals surface area contributed by atoms with Gasteiger partial charge in [0.25, 0.3) is 5.91 Å². The second-order valence-corrected chi connectivity index (χ2v) is 10.4. The van der Waals surface area contributed by atoms with Crippen LogP contribution in [0.1, 0.15) is 21.5 Å². The zero-order valence-electron chi connectivity index (χ0n) is 22.9. The molecule has 1 aliphatic rings. The molecule has 0 unspecified atom stereocenters. The lowest BCUT2D eigenvalue weighted by Crippen LogP contribution is -2.07. The molecule has 0 aliphatic carbocycles. The molecular formula is C34H30N4O2. The first-order chi connectivity index (χ1) is 19.3. The van der Waals surface area contributed by atoms with Gasteiger partial charge in [-0.1, -0.05) is 72.8 Å². The highest BCUT2D eigenvalue weighted by Crippen LogP contribution is 2.39. The van der Waals surface area contributed by atoms with Gasteiger partial charge in [0.05, 0.1) is 22.5 Å². The van der Waals surface area contributed by atoms with E-state index >= 15 is 0 Å². The number of nitrogens with one attached hydrogen (secondary N) is 1. The minimum absolute atomic E-state index is 0.0544. The summed E-state index contributed by atoms with van der Waals surface area (Å²) in [7, 11) is 8.07. The smallest absolute Gasteiger partial charge is 0.280 e. The van der Waals surface area contributed by atoms with E-state index in [1.807, 2.05) is 76.7 Å². The highest BCUT2D eigenvalue weighted by atomic mass is 16.3. The van der Waals surface area contributed by atoms with Gasteiger partial charge in [0, 0.05) is 45.1 Å². The molecular weight excluding hydrogens is 496 g/mol. The summed E-state index contributed by atoms with van der Waals surface area (Å²) >= 11 is 0. The number of hydrogen-bond acceptors (Lipinski definition) is 4. The number of nitrogens with zero attached hydrogens (tertiary/aromatic N) is 3. The maximum absolute atomic E-state index is 13.1. The molecule has 40 heavy (non-hydrogen) atoms. The van der Waals surface area contributed by atoms with Crippen molar-refractivity contribution in [3.8, 4) is 39.4 Å². The van der Waals surface area contributed by atoms with Crippen molar-refractivity contribution in [3.05, 3.63) is 114 Å². The summed E-state index contributed by atoms with van der Waals surface area (Å²) in [5.74, 6) is -0.412. The Labute approximate surface area is 233 Å². The lowest BCUT2D eigenvalue weighted by atomic mass is 9.97. The number of aromatic amines is 1. The average molecular weight is 527 g/mol. The Morgan fingerprint density at radius 2 is 0.925 bits per heavy atom. The van der Waals surface area contributed by atoms with Crippen molar-refractivity contribution in [1.29, 1.82) is 0 Å². The van der Waals surface area contributed by atoms with Crippen molar-refractivity contribution in [1.82, 2.24) is 4.98 Å². The van der Waals surface area contributed by atoms with Gasteiger partial charge in [-0.25, -0.2) is 4.99 Å². The predicted octanol–water partition coefficient (Wildman–Crippen LogP) is 6.84. The van der Waals surface area contributed by atoms with Crippen molar-refractivity contribution in [2.75, 3.05) is 38.0 Å². The Bertz CT molecular complexity index is 1730. The zero-order chi connectivity index (χ0) is 28.0. The predicted molar refractivity (Wildman–Crippen MR) is 164 cm³/mol. The van der Waals surface area contributed by atoms with Crippen molar-refractivity contribution < 1.29 is 9.90 Å². The lowest BCUT2D eigenvalue weighted by molar-refractivity contribution is 0.101. The molecule has 0 saturated heterocycles. The van der Waals surface area contributed by atoms with Crippen molar-refractivity contribution in [2.24, 2.45) is 4.99 Å². The van der Waals surface area contributed by atoms with Crippen molar-refractivity contribution >= 4 is 23.0 Å². The minimum atomic E-state index is -0.358. The van der Waals surface area contributed by atoms with Gasteiger partial charge in [-0.2, -0.15) is 0 Å². The number of H-pyrrole nitrogens is 1. The summed E-state index contributed by atoms with van der Waals surface area (Å²) in [6, 6.07) is 32.6. The van der Waals surface area contributed by atoms with Gasteiger partial charge in [-0.15, -0.1) is 0 Å². The van der Waals surface area contributed by atoms with E-state index in [4.69, 9.17) is 0 Å². The molecule has 5 aromatic rings. The van der Waals surface area contributed by atoms with E-state index in [1.54, 1.807) is 0 Å². The summed E-state index contributed by atoms with van der Waals surface area (Å²) in [4.78, 5) is 24.6. The van der Waals surface area contributed by atoms with Crippen LogP contribution >= 0.6 is 0 Å². The Balaban J connectivity index is 1.27. The topological polar surface area (TPSA) is 71.9 Å². The first kappa shape index (κ1) is 25.2. The average Bonchev–Trinajstić information content (AvgIpc) is 3.51. The van der Waals surface area contributed by atoms with Crippen LogP contribution in [0, 0.1) is 0 Å². The van der Waals surface area contributed by atoms with E-state index < -0.39 is 0 Å². The highest BCUT2D eigenvalue weighted by Gasteiger charge is 2.33. The summed E-state index contributed by atoms with van der Waals surface area (Å²) < 4.78 is 0. The number of aromatic nitrogens is 1. The highest BCUT2D eigenvalue weighted by molar-refractivity contribution is 6.30. The molecule has 0 saturated carbocycles. The molecule has 0 radical (unpaired) electrons. The summed E-state index contributed by atoms with van der Waals surface area (Å²) in [5, 5.41) is 10.9. The molecule has 6 rings (SSSR count). The van der Waals surface area contributed by atoms with Crippen LogP contribution in [0.25, 0.3) is 33.5 Å². The molecule has 198 valence electrons. The van der Waals surface area contributed by atoms with E-state index in [0.29, 0.717) is 22.5 Å². The number of amides is 1. The summed E-state index contributed by atoms with van der Waals surface area (Å²) in [5.41, 5.74) is 10.1. The number of anilines is 2. The van der Waals surface area contributed by atoms with E-state index in [0.717, 1.165) is 44.8 Å². The lowest BCUT2D eigenvalue weighted by Gasteiger charge is -2.13. The van der Waals surface area contributed by atoms with Gasteiger partial charge < -0.3 is 19.9 Å². The Morgan fingerprint density at radius 3 is 1.35 bits per heavy atom. The number of benzene rings is 4. The Hall–Kier alpha value is -5.10. The fourth-order valence-corrected chi connectivity index (χ4v) is 5.12. The van der Waals surface area contributed by atoms with Gasteiger partial charge in [-0.3, -0.25) is 4.79 Å². The standard InChI is InChI=1S/C34H30N4O2/c1-37(2)27-17-13-23(14-18-27)21-5-9-25(10-6-21)31-29-30(34(40)35-31)32(36-33(29)39)26-11-7-22(8-12-26)24-15-19-28(20-16-24)38(3)4/h5-20,35,40H,1-4H3. The van der Waals surface area contributed by atoms with Crippen LogP contribution in [0.2, 0.25) is 0 Å². The molecule has 0 bridgehead atoms. The van der Waals surface area contributed by atoms with Gasteiger partial charge in [0.2, 0.25) is 0 Å².